The molecule has 0 atom stereocenters. The van der Waals surface area contributed by atoms with Gasteiger partial charge in [-0.2, -0.15) is 9.78 Å². The second kappa shape index (κ2) is 9.10. The van der Waals surface area contributed by atoms with Gasteiger partial charge in [0, 0.05) is 18.4 Å². The van der Waals surface area contributed by atoms with Crippen molar-refractivity contribution in [1.82, 2.24) is 14.0 Å². The van der Waals surface area contributed by atoms with Crippen molar-refractivity contribution in [3.8, 4) is 0 Å². The van der Waals surface area contributed by atoms with Gasteiger partial charge in [0.15, 0.2) is 0 Å². The van der Waals surface area contributed by atoms with Crippen LogP contribution in [0.3, 0.4) is 0 Å². The summed E-state index contributed by atoms with van der Waals surface area (Å²) in [7, 11) is -7.89. The van der Waals surface area contributed by atoms with Gasteiger partial charge in [0.1, 0.15) is 21.4 Å². The van der Waals surface area contributed by atoms with E-state index in [1.165, 1.54) is 22.9 Å². The Bertz CT molecular complexity index is 1620. The van der Waals surface area contributed by atoms with E-state index in [1.54, 1.807) is 6.92 Å². The lowest BCUT2D eigenvalue weighted by Gasteiger charge is -2.23. The van der Waals surface area contributed by atoms with E-state index in [0.717, 1.165) is 17.0 Å². The summed E-state index contributed by atoms with van der Waals surface area (Å²) in [6, 6.07) is 3.81. The minimum absolute atomic E-state index is 0.0361. The third kappa shape index (κ3) is 5.07. The molecule has 0 unspecified atom stereocenters. The second-order valence-corrected chi connectivity index (χ2v) is 11.5. The zero-order valence-electron chi connectivity index (χ0n) is 19.1. The molecule has 3 rings (SSSR count). The summed E-state index contributed by atoms with van der Waals surface area (Å²) in [5.41, 5.74) is -1.41. The molecule has 0 amide bonds. The van der Waals surface area contributed by atoms with Crippen molar-refractivity contribution in [3.05, 3.63) is 49.6 Å². The molecule has 0 saturated heterocycles. The predicted octanol–water partition coefficient (Wildman–Crippen LogP) is -0.839. The molecule has 0 radical (unpaired) electrons. The second-order valence-electron chi connectivity index (χ2n) is 8.11. The van der Waals surface area contributed by atoms with E-state index >= 15 is 0 Å². The molecule has 34 heavy (non-hydrogen) atoms. The van der Waals surface area contributed by atoms with Crippen molar-refractivity contribution in [1.29, 1.82) is 0 Å². The maximum absolute atomic E-state index is 13.3. The Morgan fingerprint density at radius 2 is 1.91 bits per heavy atom. The summed E-state index contributed by atoms with van der Waals surface area (Å²) in [5, 5.41) is 6.31. The monoisotopic (exact) mass is 510 g/mol. The maximum Gasteiger partial charge on any atom is 0.289 e. The van der Waals surface area contributed by atoms with Crippen LogP contribution in [0, 0.1) is 5.92 Å². The normalized spacial score (nSPS) is 16.7. The van der Waals surface area contributed by atoms with Gasteiger partial charge in [-0.1, -0.05) is 20.4 Å². The van der Waals surface area contributed by atoms with Crippen LogP contribution in [-0.4, -0.2) is 38.5 Å². The molecule has 0 bridgehead atoms. The van der Waals surface area contributed by atoms with Gasteiger partial charge in [0.2, 0.25) is 10.0 Å². The van der Waals surface area contributed by atoms with E-state index in [2.05, 4.69) is 26.4 Å². The van der Waals surface area contributed by atoms with Crippen LogP contribution in [0.2, 0.25) is 0 Å². The summed E-state index contributed by atoms with van der Waals surface area (Å²) in [6.07, 6.45) is 2.90. The fourth-order valence-electron chi connectivity index (χ4n) is 3.34. The molecule has 1 aliphatic heterocycles. The molecule has 1 aliphatic rings. The van der Waals surface area contributed by atoms with E-state index in [1.807, 2.05) is 13.8 Å². The van der Waals surface area contributed by atoms with Crippen LogP contribution in [0.4, 0.5) is 11.4 Å². The average molecular weight is 511 g/mol. The molecule has 2 heterocycles. The standard InChI is InChI=1S/C20H26N6O6S2/c1-6-21-26-13(4)25(10-9-12(2)3)19(27)17(20(26)28)18-22-15-8-7-14(23-33(5,29)30)11-16(15)34(31,32)24-18/h6-8,11-12,22-24H,4,9-10H2,1-3,5H3/b18-17?,21-6-. The third-order valence-corrected chi connectivity index (χ3v) is 6.90. The van der Waals surface area contributed by atoms with Gasteiger partial charge >= 0.3 is 0 Å². The molecular weight excluding hydrogens is 484 g/mol. The number of nitrogens with zero attached hydrogens (tertiary/aromatic N) is 3. The number of hydrogen-bond acceptors (Lipinski definition) is 8. The third-order valence-electron chi connectivity index (χ3n) is 4.90. The van der Waals surface area contributed by atoms with Gasteiger partial charge in [0.05, 0.1) is 11.9 Å². The summed E-state index contributed by atoms with van der Waals surface area (Å²) in [4.78, 5) is 26.2. The first-order valence-electron chi connectivity index (χ1n) is 10.2. The lowest BCUT2D eigenvalue weighted by atomic mass is 10.1. The summed E-state index contributed by atoms with van der Waals surface area (Å²) < 4.78 is 55.6. The first-order valence-corrected chi connectivity index (χ1v) is 13.6. The minimum Gasteiger partial charge on any atom is -0.339 e. The Balaban J connectivity index is 2.31. The van der Waals surface area contributed by atoms with Crippen molar-refractivity contribution < 1.29 is 16.8 Å². The molecule has 2 aromatic rings. The zero-order chi connectivity index (χ0) is 25.4. The maximum atomic E-state index is 13.3. The van der Waals surface area contributed by atoms with E-state index in [0.29, 0.717) is 6.42 Å². The molecule has 14 heteroatoms. The van der Waals surface area contributed by atoms with E-state index < -0.39 is 36.4 Å². The number of sulfonamides is 2. The SMILES string of the molecule is C=c1n(CCC(C)C)c(=O)c(=C2Nc3ccc(NS(C)(=O)=O)cc3S(=O)(=O)N2)c(=O)n1/N=C\C. The van der Waals surface area contributed by atoms with Crippen LogP contribution in [0.15, 0.2) is 37.8 Å². The van der Waals surface area contributed by atoms with Crippen molar-refractivity contribution in [2.75, 3.05) is 16.3 Å². The van der Waals surface area contributed by atoms with Gasteiger partial charge in [-0.3, -0.25) is 23.6 Å². The zero-order valence-corrected chi connectivity index (χ0v) is 20.7. The summed E-state index contributed by atoms with van der Waals surface area (Å²) in [5.74, 6) is -0.0740. The molecule has 184 valence electrons. The first kappa shape index (κ1) is 25.2. The molecule has 0 fully saturated rings. The molecule has 3 N–H and O–H groups in total. The van der Waals surface area contributed by atoms with Crippen molar-refractivity contribution in [2.24, 2.45) is 11.0 Å². The summed E-state index contributed by atoms with van der Waals surface area (Å²) >= 11 is 0. The van der Waals surface area contributed by atoms with Crippen molar-refractivity contribution in [3.63, 3.8) is 0 Å². The van der Waals surface area contributed by atoms with Crippen LogP contribution in [0.25, 0.3) is 12.4 Å². The highest BCUT2D eigenvalue weighted by atomic mass is 32.2. The van der Waals surface area contributed by atoms with Gasteiger partial charge in [-0.25, -0.2) is 16.8 Å². The largest absolute Gasteiger partial charge is 0.339 e. The highest BCUT2D eigenvalue weighted by molar-refractivity contribution is 7.92. The Hall–Kier alpha value is -3.39. The fourth-order valence-corrected chi connectivity index (χ4v) is 5.11. The lowest BCUT2D eigenvalue weighted by Crippen LogP contribution is -2.60. The van der Waals surface area contributed by atoms with Crippen LogP contribution < -0.4 is 36.6 Å². The number of nitrogens with one attached hydrogen (secondary N) is 3. The lowest BCUT2D eigenvalue weighted by molar-refractivity contribution is 0.480. The van der Waals surface area contributed by atoms with Gasteiger partial charge in [-0.05, 0) is 37.5 Å². The first-order chi connectivity index (χ1) is 15.7. The smallest absolute Gasteiger partial charge is 0.289 e. The molecular formula is C20H26N6O6S2. The molecule has 0 aliphatic carbocycles. The molecule has 0 saturated carbocycles. The van der Waals surface area contributed by atoms with E-state index in [4.69, 9.17) is 0 Å². The van der Waals surface area contributed by atoms with Crippen molar-refractivity contribution >= 4 is 50.0 Å². The number of benzene rings is 1. The summed E-state index contributed by atoms with van der Waals surface area (Å²) in [6.45, 7) is 9.60. The van der Waals surface area contributed by atoms with Crippen molar-refractivity contribution in [2.45, 2.75) is 38.6 Å². The van der Waals surface area contributed by atoms with Crippen LogP contribution in [-0.2, 0) is 26.6 Å². The topological polar surface area (TPSA) is 161 Å². The van der Waals surface area contributed by atoms with E-state index in [-0.39, 0.29) is 40.0 Å². The van der Waals surface area contributed by atoms with Crippen LogP contribution >= 0.6 is 0 Å². The Morgan fingerprint density at radius 1 is 1.24 bits per heavy atom. The Kier molecular flexibility index (Phi) is 6.75. The van der Waals surface area contributed by atoms with Gasteiger partial charge < -0.3 is 5.32 Å². The number of fused-ring (bicyclic) bond motifs is 1. The highest BCUT2D eigenvalue weighted by Gasteiger charge is 2.28. The fraction of sp³-hybridized carbons (Fsp3) is 0.350. The molecule has 1 aromatic carbocycles. The quantitative estimate of drug-likeness (QED) is 0.427. The molecule has 0 spiro atoms. The Morgan fingerprint density at radius 3 is 2.50 bits per heavy atom. The van der Waals surface area contributed by atoms with E-state index in [9.17, 15) is 26.4 Å². The number of rotatable bonds is 6. The average Bonchev–Trinajstić information content (AvgIpc) is 2.70. The molecule has 12 nitrogen and oxygen atoms in total. The highest BCUT2D eigenvalue weighted by Crippen LogP contribution is 2.30. The number of hydrogen-bond donors (Lipinski definition) is 3. The Labute approximate surface area is 196 Å². The minimum atomic E-state index is -4.26. The van der Waals surface area contributed by atoms with Crippen LogP contribution in [0.1, 0.15) is 27.2 Å². The predicted molar refractivity (Wildman–Crippen MR) is 131 cm³/mol. The number of anilines is 2. The van der Waals surface area contributed by atoms with Crippen LogP contribution in [0.5, 0.6) is 0 Å². The van der Waals surface area contributed by atoms with Gasteiger partial charge in [-0.15, -0.1) is 0 Å². The molecule has 1 aromatic heterocycles. The van der Waals surface area contributed by atoms with Gasteiger partial charge in [0.25, 0.3) is 21.1 Å². The number of aromatic nitrogens is 2.